The smallest absolute Gasteiger partial charge is 0.240 e. The van der Waals surface area contributed by atoms with Crippen LogP contribution < -0.4 is 4.90 Å². The summed E-state index contributed by atoms with van der Waals surface area (Å²) in [5.74, 6) is 1.99. The summed E-state index contributed by atoms with van der Waals surface area (Å²) >= 11 is 6.87. The molecule has 0 aliphatic rings. The topological polar surface area (TPSA) is 70.6 Å². The van der Waals surface area contributed by atoms with Gasteiger partial charge in [-0.05, 0) is 41.5 Å². The van der Waals surface area contributed by atoms with E-state index >= 15 is 0 Å². The van der Waals surface area contributed by atoms with Gasteiger partial charge in [0.15, 0.2) is 17.5 Å². The van der Waals surface area contributed by atoms with Crippen molar-refractivity contribution in [3.8, 4) is 33.9 Å². The Bertz CT molecular complexity index is 2300. The van der Waals surface area contributed by atoms with Gasteiger partial charge in [0, 0.05) is 33.6 Å². The molecule has 0 fully saturated rings. The zero-order valence-electron chi connectivity index (χ0n) is 24.0. The van der Waals surface area contributed by atoms with Crippen molar-refractivity contribution in [2.24, 2.45) is 0 Å². The Morgan fingerprint density at radius 1 is 0.533 bits per heavy atom. The molecule has 0 saturated heterocycles. The monoisotopic (exact) mass is 600 g/mol. The lowest BCUT2D eigenvalue weighted by Crippen LogP contribution is -2.17. The third-order valence-electron chi connectivity index (χ3n) is 7.79. The highest BCUT2D eigenvalue weighted by Gasteiger charge is 2.25. The second kappa shape index (κ2) is 11.3. The van der Waals surface area contributed by atoms with Crippen LogP contribution in [-0.4, -0.2) is 24.9 Å². The van der Waals surface area contributed by atoms with E-state index in [2.05, 4.69) is 47.4 Å². The van der Waals surface area contributed by atoms with Crippen molar-refractivity contribution in [2.45, 2.75) is 0 Å². The summed E-state index contributed by atoms with van der Waals surface area (Å²) in [5.41, 5.74) is 6.71. The van der Waals surface area contributed by atoms with Gasteiger partial charge in [-0.1, -0.05) is 121 Å². The molecule has 8 rings (SSSR count). The summed E-state index contributed by atoms with van der Waals surface area (Å²) in [6.45, 7) is 0. The Labute approximate surface area is 264 Å². The van der Waals surface area contributed by atoms with Crippen LogP contribution in [0.5, 0.6) is 0 Å². The summed E-state index contributed by atoms with van der Waals surface area (Å²) in [4.78, 5) is 25.4. The van der Waals surface area contributed by atoms with E-state index in [1.807, 2.05) is 102 Å². The summed E-state index contributed by atoms with van der Waals surface area (Å²) in [6.07, 6.45) is 1.73. The summed E-state index contributed by atoms with van der Waals surface area (Å²) in [7, 11) is 0. The van der Waals surface area contributed by atoms with Gasteiger partial charge >= 0.3 is 0 Å². The van der Waals surface area contributed by atoms with E-state index in [0.29, 0.717) is 28.4 Å². The fourth-order valence-corrected chi connectivity index (χ4v) is 5.89. The number of nitrogens with zero attached hydrogens (tertiary/aromatic N) is 5. The maximum Gasteiger partial charge on any atom is 0.240 e. The first-order valence-corrected chi connectivity index (χ1v) is 15.0. The molecule has 0 aliphatic carbocycles. The maximum atomic E-state index is 6.87. The molecule has 7 heteroatoms. The molecule has 0 radical (unpaired) electrons. The van der Waals surface area contributed by atoms with E-state index in [4.69, 9.17) is 31.5 Å². The van der Waals surface area contributed by atoms with Crippen molar-refractivity contribution in [1.29, 1.82) is 0 Å². The maximum absolute atomic E-state index is 6.87. The molecule has 6 nitrogen and oxygen atoms in total. The fraction of sp³-hybridized carbons (Fsp3) is 0. The van der Waals surface area contributed by atoms with E-state index in [1.54, 1.807) is 6.20 Å². The zero-order chi connectivity index (χ0) is 30.2. The number of para-hydroxylation sites is 2. The van der Waals surface area contributed by atoms with Gasteiger partial charge in [-0.3, -0.25) is 4.90 Å². The number of halogens is 1. The molecule has 0 amide bonds. The summed E-state index contributed by atoms with van der Waals surface area (Å²) in [5, 5.41) is 2.67. The first-order chi connectivity index (χ1) is 22.2. The molecular weight excluding hydrogens is 576 g/mol. The molecule has 45 heavy (non-hydrogen) atoms. The van der Waals surface area contributed by atoms with Crippen LogP contribution in [-0.2, 0) is 0 Å². The molecule has 0 saturated carbocycles. The third-order valence-corrected chi connectivity index (χ3v) is 8.09. The summed E-state index contributed by atoms with van der Waals surface area (Å²) in [6, 6.07) is 46.6. The molecular formula is C38H25ClN6. The van der Waals surface area contributed by atoms with E-state index in [1.165, 1.54) is 0 Å². The zero-order valence-corrected chi connectivity index (χ0v) is 24.7. The predicted octanol–water partition coefficient (Wildman–Crippen LogP) is 10.0. The number of aromatic nitrogens is 5. The second-order valence-electron chi connectivity index (χ2n) is 10.6. The standard InChI is InChI=1S/C38H25ClN6/c39-31-20-11-23-40-37(31)45(33-22-10-19-30-29-18-7-8-21-32(29)41-34(30)33)38-43-35(26-14-5-2-6-15-26)42-36(44-38)28-17-9-16-27(24-28)25-12-3-1-4-13-25/h1-24,41H. The average molecular weight is 601 g/mol. The van der Waals surface area contributed by atoms with Gasteiger partial charge in [-0.2, -0.15) is 9.97 Å². The van der Waals surface area contributed by atoms with Gasteiger partial charge in [-0.15, -0.1) is 0 Å². The molecule has 0 unspecified atom stereocenters. The quantitative estimate of drug-likeness (QED) is 0.206. The Balaban J connectivity index is 1.39. The van der Waals surface area contributed by atoms with E-state index in [9.17, 15) is 0 Å². The Hall–Kier alpha value is -5.85. The van der Waals surface area contributed by atoms with E-state index < -0.39 is 0 Å². The largest absolute Gasteiger partial charge is 0.353 e. The number of fused-ring (bicyclic) bond motifs is 3. The van der Waals surface area contributed by atoms with Gasteiger partial charge in [0.25, 0.3) is 0 Å². The van der Waals surface area contributed by atoms with Gasteiger partial charge in [-0.25, -0.2) is 9.97 Å². The molecule has 0 spiro atoms. The molecule has 5 aromatic carbocycles. The van der Waals surface area contributed by atoms with Crippen LogP contribution in [0.3, 0.4) is 0 Å². The molecule has 3 aromatic heterocycles. The number of rotatable bonds is 6. The molecule has 0 atom stereocenters. The van der Waals surface area contributed by atoms with Crippen molar-refractivity contribution in [1.82, 2.24) is 24.9 Å². The lowest BCUT2D eigenvalue weighted by molar-refractivity contribution is 1.01. The number of benzene rings is 5. The number of aromatic amines is 1. The number of nitrogens with one attached hydrogen (secondary N) is 1. The molecule has 0 aliphatic heterocycles. The minimum absolute atomic E-state index is 0.399. The predicted molar refractivity (Wildman–Crippen MR) is 183 cm³/mol. The lowest BCUT2D eigenvalue weighted by atomic mass is 10.0. The van der Waals surface area contributed by atoms with Crippen LogP contribution >= 0.6 is 11.6 Å². The first kappa shape index (κ1) is 26.8. The van der Waals surface area contributed by atoms with Crippen molar-refractivity contribution < 1.29 is 0 Å². The van der Waals surface area contributed by atoms with E-state index in [0.717, 1.165) is 49.7 Å². The number of pyridine rings is 1. The van der Waals surface area contributed by atoms with Crippen molar-refractivity contribution in [2.75, 3.05) is 4.90 Å². The number of hydrogen-bond donors (Lipinski definition) is 1. The Morgan fingerprint density at radius 3 is 1.98 bits per heavy atom. The number of hydrogen-bond acceptors (Lipinski definition) is 5. The van der Waals surface area contributed by atoms with Crippen LogP contribution in [0.25, 0.3) is 55.7 Å². The van der Waals surface area contributed by atoms with Crippen molar-refractivity contribution in [3.05, 3.63) is 151 Å². The minimum Gasteiger partial charge on any atom is -0.353 e. The first-order valence-electron chi connectivity index (χ1n) is 14.6. The molecule has 1 N–H and O–H groups in total. The van der Waals surface area contributed by atoms with Crippen LogP contribution in [0.4, 0.5) is 17.5 Å². The third kappa shape index (κ3) is 4.97. The SMILES string of the molecule is Clc1cccnc1N(c1nc(-c2ccccc2)nc(-c2cccc(-c3ccccc3)c2)n1)c1cccc2c1[nH]c1ccccc12. The fourth-order valence-electron chi connectivity index (χ4n) is 5.68. The van der Waals surface area contributed by atoms with Crippen LogP contribution in [0.15, 0.2) is 146 Å². The number of H-pyrrole nitrogens is 1. The lowest BCUT2D eigenvalue weighted by Gasteiger charge is -2.24. The van der Waals surface area contributed by atoms with Crippen LogP contribution in [0.1, 0.15) is 0 Å². The van der Waals surface area contributed by atoms with Crippen LogP contribution in [0, 0.1) is 0 Å². The molecule has 8 aromatic rings. The van der Waals surface area contributed by atoms with Crippen LogP contribution in [0.2, 0.25) is 5.02 Å². The number of anilines is 3. The van der Waals surface area contributed by atoms with Crippen molar-refractivity contribution >= 4 is 50.9 Å². The highest BCUT2D eigenvalue weighted by Crippen LogP contribution is 2.41. The minimum atomic E-state index is 0.399. The Morgan fingerprint density at radius 2 is 1.18 bits per heavy atom. The summed E-state index contributed by atoms with van der Waals surface area (Å²) < 4.78 is 0. The molecule has 214 valence electrons. The highest BCUT2D eigenvalue weighted by molar-refractivity contribution is 6.33. The normalized spacial score (nSPS) is 11.2. The van der Waals surface area contributed by atoms with E-state index in [-0.39, 0.29) is 0 Å². The Kier molecular flexibility index (Phi) is 6.74. The van der Waals surface area contributed by atoms with Gasteiger partial charge in [0.1, 0.15) is 0 Å². The van der Waals surface area contributed by atoms with Gasteiger partial charge in [0.05, 0.1) is 16.2 Å². The molecule has 0 bridgehead atoms. The highest BCUT2D eigenvalue weighted by atomic mass is 35.5. The van der Waals surface area contributed by atoms with Gasteiger partial charge < -0.3 is 4.98 Å². The average Bonchev–Trinajstić information content (AvgIpc) is 3.50. The van der Waals surface area contributed by atoms with Crippen molar-refractivity contribution in [3.63, 3.8) is 0 Å². The molecule has 3 heterocycles. The second-order valence-corrected chi connectivity index (χ2v) is 11.0. The van der Waals surface area contributed by atoms with Gasteiger partial charge in [0.2, 0.25) is 5.95 Å².